The lowest BCUT2D eigenvalue weighted by Crippen LogP contribution is -2.43. The van der Waals surface area contributed by atoms with Crippen molar-refractivity contribution >= 4 is 17.8 Å². The van der Waals surface area contributed by atoms with E-state index in [0.29, 0.717) is 0 Å². The number of nitrogens with one attached hydrogen (secondary N) is 1. The number of β-amino-alcohol motifs (C(OH)–C–C–N with tert-alkyl or cyclic N) is 1. The molecule has 0 spiro atoms. The van der Waals surface area contributed by atoms with E-state index in [1.807, 2.05) is 0 Å². The molecule has 1 aliphatic rings. The quantitative estimate of drug-likeness (QED) is 0.427. The molecule has 2 N–H and O–H groups in total. The highest BCUT2D eigenvalue weighted by atomic mass is 19.4. The molecule has 188 valence electrons. The lowest BCUT2D eigenvalue weighted by atomic mass is 10.1. The van der Waals surface area contributed by atoms with Crippen molar-refractivity contribution in [3.63, 3.8) is 0 Å². The van der Waals surface area contributed by atoms with E-state index in [4.69, 9.17) is 4.74 Å². The molecule has 2 amide bonds. The Morgan fingerprint density at radius 3 is 2.40 bits per heavy atom. The van der Waals surface area contributed by atoms with Crippen LogP contribution in [-0.2, 0) is 32.1 Å². The monoisotopic (exact) mass is 498 g/mol. The van der Waals surface area contributed by atoms with Gasteiger partial charge in [0.15, 0.2) is 6.61 Å². The highest BCUT2D eigenvalue weighted by Crippen LogP contribution is 2.26. The lowest BCUT2D eigenvalue weighted by Gasteiger charge is -2.23. The predicted octanol–water partition coefficient (Wildman–Crippen LogP) is 2.09. The third-order valence-corrected chi connectivity index (χ3v) is 5.19. The van der Waals surface area contributed by atoms with Gasteiger partial charge in [0.1, 0.15) is 17.6 Å². The number of alkyl halides is 3. The summed E-state index contributed by atoms with van der Waals surface area (Å²) in [5.74, 6) is -3.42. The number of rotatable bonds is 8. The summed E-state index contributed by atoms with van der Waals surface area (Å²) in [6.07, 6.45) is -6.36. The first-order valence-corrected chi connectivity index (χ1v) is 10.5. The summed E-state index contributed by atoms with van der Waals surface area (Å²) < 4.78 is 60.2. The molecule has 2 aromatic carbocycles. The van der Waals surface area contributed by atoms with E-state index in [1.54, 1.807) is 6.07 Å². The molecule has 12 heteroatoms. The average molecular weight is 498 g/mol. The number of aliphatic hydroxyl groups is 1. The molecule has 35 heavy (non-hydrogen) atoms. The summed E-state index contributed by atoms with van der Waals surface area (Å²) in [5.41, 5.74) is 0.175. The molecule has 0 bridgehead atoms. The van der Waals surface area contributed by atoms with E-state index in [0.717, 1.165) is 11.0 Å². The number of para-hydroxylation sites is 1. The van der Waals surface area contributed by atoms with Crippen LogP contribution in [0.2, 0.25) is 0 Å². The summed E-state index contributed by atoms with van der Waals surface area (Å²) in [6.45, 7) is -1.24. The molecule has 2 aromatic rings. The fraction of sp³-hybridized carbons (Fsp3) is 0.348. The number of ether oxygens (including phenoxy) is 2. The van der Waals surface area contributed by atoms with E-state index >= 15 is 0 Å². The number of amides is 2. The third kappa shape index (κ3) is 7.41. The Hall–Kier alpha value is -3.67. The largest absolute Gasteiger partial charge is 0.573 e. The first-order chi connectivity index (χ1) is 16.5. The molecular formula is C23H22F4N2O6. The Bertz CT molecular complexity index is 1080. The molecule has 1 fully saturated rings. The van der Waals surface area contributed by atoms with Gasteiger partial charge in [-0.15, -0.1) is 13.2 Å². The van der Waals surface area contributed by atoms with Gasteiger partial charge < -0.3 is 24.8 Å². The molecule has 3 rings (SSSR count). The normalized spacial score (nSPS) is 17.7. The molecule has 1 saturated heterocycles. The second kappa shape index (κ2) is 11.2. The van der Waals surface area contributed by atoms with Gasteiger partial charge in [0.25, 0.3) is 5.91 Å². The van der Waals surface area contributed by atoms with E-state index in [-0.39, 0.29) is 37.1 Å². The Morgan fingerprint density at radius 2 is 1.71 bits per heavy atom. The molecule has 0 aromatic heterocycles. The summed E-state index contributed by atoms with van der Waals surface area (Å²) in [7, 11) is 0. The van der Waals surface area contributed by atoms with Crippen LogP contribution in [0.15, 0.2) is 48.5 Å². The lowest BCUT2D eigenvalue weighted by molar-refractivity contribution is -0.274. The van der Waals surface area contributed by atoms with Crippen molar-refractivity contribution in [3.8, 4) is 5.75 Å². The second-order valence-electron chi connectivity index (χ2n) is 7.76. The van der Waals surface area contributed by atoms with Gasteiger partial charge in [-0.2, -0.15) is 0 Å². The van der Waals surface area contributed by atoms with Crippen LogP contribution in [0, 0.1) is 5.82 Å². The van der Waals surface area contributed by atoms with Crippen molar-refractivity contribution in [2.45, 2.75) is 37.9 Å². The van der Waals surface area contributed by atoms with Gasteiger partial charge in [0, 0.05) is 25.1 Å². The maximum absolute atomic E-state index is 13.9. The van der Waals surface area contributed by atoms with Gasteiger partial charge in [-0.1, -0.05) is 36.4 Å². The van der Waals surface area contributed by atoms with Crippen molar-refractivity contribution in [2.24, 2.45) is 0 Å². The van der Waals surface area contributed by atoms with Crippen LogP contribution in [0.25, 0.3) is 0 Å². The van der Waals surface area contributed by atoms with Crippen LogP contribution in [0.3, 0.4) is 0 Å². The number of benzene rings is 2. The van der Waals surface area contributed by atoms with Crippen molar-refractivity contribution in [1.82, 2.24) is 10.2 Å². The molecule has 8 nitrogen and oxygen atoms in total. The number of hydrogen-bond donors (Lipinski definition) is 2. The zero-order chi connectivity index (χ0) is 25.6. The molecule has 0 radical (unpaired) electrons. The van der Waals surface area contributed by atoms with Crippen LogP contribution < -0.4 is 10.1 Å². The third-order valence-electron chi connectivity index (χ3n) is 5.19. The van der Waals surface area contributed by atoms with E-state index in [9.17, 15) is 37.1 Å². The Labute approximate surface area is 197 Å². The molecule has 1 aliphatic heterocycles. The Morgan fingerprint density at radius 1 is 1.06 bits per heavy atom. The van der Waals surface area contributed by atoms with E-state index < -0.39 is 54.5 Å². The van der Waals surface area contributed by atoms with Gasteiger partial charge >= 0.3 is 12.3 Å². The predicted molar refractivity (Wildman–Crippen MR) is 112 cm³/mol. The minimum absolute atomic E-state index is 0.0494. The zero-order valence-corrected chi connectivity index (χ0v) is 18.3. The van der Waals surface area contributed by atoms with E-state index in [2.05, 4.69) is 10.1 Å². The summed E-state index contributed by atoms with van der Waals surface area (Å²) in [5, 5.41) is 12.3. The van der Waals surface area contributed by atoms with Gasteiger partial charge in [-0.25, -0.2) is 9.18 Å². The smallest absolute Gasteiger partial charge is 0.454 e. The van der Waals surface area contributed by atoms with Crippen molar-refractivity contribution < 1.29 is 46.5 Å². The van der Waals surface area contributed by atoms with Gasteiger partial charge in [0.05, 0.1) is 12.5 Å². The Balaban J connectivity index is 1.53. The number of aliphatic hydroxyl groups excluding tert-OH is 1. The number of likely N-dealkylation sites (tertiary alicyclic amines) is 1. The first kappa shape index (κ1) is 25.9. The summed E-state index contributed by atoms with van der Waals surface area (Å²) in [6, 6.07) is 9.69. The first-order valence-electron chi connectivity index (χ1n) is 10.5. The van der Waals surface area contributed by atoms with Crippen LogP contribution in [0.1, 0.15) is 17.5 Å². The van der Waals surface area contributed by atoms with Crippen LogP contribution in [0.4, 0.5) is 17.6 Å². The standard InChI is InChI=1S/C23H22F4N2O6/c24-17-7-3-1-5-14(17)9-21(32)29-12-16(30)10-18(29)22(33)34-13-20(31)28-11-15-6-2-4-8-19(15)35-23(25,26)27/h1-8,16,18,30H,9-13H2,(H,28,31). The molecular weight excluding hydrogens is 476 g/mol. The van der Waals surface area contributed by atoms with Crippen molar-refractivity contribution in [1.29, 1.82) is 0 Å². The summed E-state index contributed by atoms with van der Waals surface area (Å²) >= 11 is 0. The fourth-order valence-electron chi connectivity index (χ4n) is 3.57. The highest BCUT2D eigenvalue weighted by Gasteiger charge is 2.40. The van der Waals surface area contributed by atoms with Crippen LogP contribution >= 0.6 is 0 Å². The highest BCUT2D eigenvalue weighted by molar-refractivity contribution is 5.88. The molecule has 2 atom stereocenters. The Kier molecular flexibility index (Phi) is 8.28. The van der Waals surface area contributed by atoms with Gasteiger partial charge in [-0.3, -0.25) is 9.59 Å². The number of carbonyl (C=O) groups excluding carboxylic acids is 3. The number of nitrogens with zero attached hydrogens (tertiary/aromatic N) is 1. The van der Waals surface area contributed by atoms with Crippen LogP contribution in [-0.4, -0.2) is 59.4 Å². The minimum Gasteiger partial charge on any atom is -0.454 e. The maximum Gasteiger partial charge on any atom is 0.573 e. The number of halogens is 4. The fourth-order valence-corrected chi connectivity index (χ4v) is 3.57. The molecule has 1 heterocycles. The SMILES string of the molecule is O=C(COC(=O)C1CC(O)CN1C(=O)Cc1ccccc1F)NCc1ccccc1OC(F)(F)F. The van der Waals surface area contributed by atoms with E-state index in [1.165, 1.54) is 36.4 Å². The molecule has 2 unspecified atom stereocenters. The molecule has 0 aliphatic carbocycles. The zero-order valence-electron chi connectivity index (χ0n) is 18.3. The minimum atomic E-state index is -4.91. The van der Waals surface area contributed by atoms with Gasteiger partial charge in [0.2, 0.25) is 5.91 Å². The number of esters is 1. The number of carbonyl (C=O) groups is 3. The average Bonchev–Trinajstić information content (AvgIpc) is 3.19. The number of hydrogen-bond acceptors (Lipinski definition) is 6. The maximum atomic E-state index is 13.9. The van der Waals surface area contributed by atoms with Crippen LogP contribution in [0.5, 0.6) is 5.75 Å². The second-order valence-corrected chi connectivity index (χ2v) is 7.76. The molecule has 0 saturated carbocycles. The summed E-state index contributed by atoms with van der Waals surface area (Å²) in [4.78, 5) is 38.3. The van der Waals surface area contributed by atoms with Crippen molar-refractivity contribution in [3.05, 3.63) is 65.5 Å². The van der Waals surface area contributed by atoms with Gasteiger partial charge in [-0.05, 0) is 17.7 Å². The van der Waals surface area contributed by atoms with Crippen molar-refractivity contribution in [2.75, 3.05) is 13.2 Å². The topological polar surface area (TPSA) is 105 Å².